The van der Waals surface area contributed by atoms with Crippen molar-refractivity contribution in [2.75, 3.05) is 0 Å². The van der Waals surface area contributed by atoms with Gasteiger partial charge in [0.15, 0.2) is 0 Å². The molecule has 1 fully saturated rings. The molecular formula is C10H16N2. The molecule has 66 valence electrons. The van der Waals surface area contributed by atoms with Gasteiger partial charge in [-0.1, -0.05) is 6.08 Å². The van der Waals surface area contributed by atoms with Gasteiger partial charge in [0.05, 0.1) is 6.07 Å². The summed E-state index contributed by atoms with van der Waals surface area (Å²) in [5, 5.41) is 12.1. The number of nitrogens with zero attached hydrogens (tertiary/aromatic N) is 1. The molecule has 0 aliphatic heterocycles. The minimum Gasteiger partial charge on any atom is -0.308 e. The van der Waals surface area contributed by atoms with Crippen LogP contribution in [-0.2, 0) is 0 Å². The van der Waals surface area contributed by atoms with Crippen LogP contribution in [0.4, 0.5) is 0 Å². The summed E-state index contributed by atoms with van der Waals surface area (Å²) in [5.74, 6) is 0.277. The fourth-order valence-electron chi connectivity index (χ4n) is 1.69. The number of hydrogen-bond acceptors (Lipinski definition) is 2. The summed E-state index contributed by atoms with van der Waals surface area (Å²) < 4.78 is 0. The average Bonchev–Trinajstić information content (AvgIpc) is 2.52. The zero-order chi connectivity index (χ0) is 8.97. The third-order valence-electron chi connectivity index (χ3n) is 2.47. The number of rotatable bonds is 3. The molecule has 0 bridgehead atoms. The van der Waals surface area contributed by atoms with Gasteiger partial charge in [0.25, 0.3) is 0 Å². The van der Waals surface area contributed by atoms with Gasteiger partial charge in [0.2, 0.25) is 0 Å². The molecule has 0 aromatic heterocycles. The van der Waals surface area contributed by atoms with E-state index < -0.39 is 0 Å². The lowest BCUT2D eigenvalue weighted by atomic mass is 10.1. The molecule has 0 spiro atoms. The summed E-state index contributed by atoms with van der Waals surface area (Å²) in [6.45, 7) is 5.80. The summed E-state index contributed by atoms with van der Waals surface area (Å²) in [4.78, 5) is 0. The molecular weight excluding hydrogens is 148 g/mol. The summed E-state index contributed by atoms with van der Waals surface area (Å²) in [6.07, 6.45) is 5.10. The number of nitrogens with one attached hydrogen (secondary N) is 1. The molecule has 1 aliphatic carbocycles. The summed E-state index contributed by atoms with van der Waals surface area (Å²) in [6, 6.07) is 3.22. The maximum absolute atomic E-state index is 8.68. The molecule has 2 heteroatoms. The number of nitriles is 1. The van der Waals surface area contributed by atoms with E-state index in [1.807, 2.05) is 6.08 Å². The first kappa shape index (κ1) is 9.28. The van der Waals surface area contributed by atoms with Crippen molar-refractivity contribution in [3.05, 3.63) is 12.7 Å². The highest BCUT2D eigenvalue weighted by Crippen LogP contribution is 2.24. The summed E-state index contributed by atoms with van der Waals surface area (Å²) in [5.41, 5.74) is 0. The Morgan fingerprint density at radius 1 is 1.67 bits per heavy atom. The molecule has 0 aromatic carbocycles. The van der Waals surface area contributed by atoms with Gasteiger partial charge in [-0.2, -0.15) is 5.26 Å². The zero-order valence-electron chi connectivity index (χ0n) is 7.59. The lowest BCUT2D eigenvalue weighted by molar-refractivity contribution is 0.488. The van der Waals surface area contributed by atoms with Gasteiger partial charge in [-0.15, -0.1) is 6.58 Å². The van der Waals surface area contributed by atoms with Crippen LogP contribution in [0.25, 0.3) is 0 Å². The normalized spacial score (nSPS) is 31.0. The Morgan fingerprint density at radius 3 is 2.92 bits per heavy atom. The van der Waals surface area contributed by atoms with Crippen molar-refractivity contribution in [2.24, 2.45) is 5.92 Å². The highest BCUT2D eigenvalue weighted by atomic mass is 14.9. The highest BCUT2D eigenvalue weighted by molar-refractivity contribution is 4.95. The fourth-order valence-corrected chi connectivity index (χ4v) is 1.69. The van der Waals surface area contributed by atoms with Crippen molar-refractivity contribution in [3.8, 4) is 6.07 Å². The van der Waals surface area contributed by atoms with Crippen LogP contribution in [0.15, 0.2) is 12.7 Å². The molecule has 3 atom stereocenters. The lowest BCUT2D eigenvalue weighted by Crippen LogP contribution is -2.33. The van der Waals surface area contributed by atoms with Crippen LogP contribution >= 0.6 is 0 Å². The van der Waals surface area contributed by atoms with Gasteiger partial charge >= 0.3 is 0 Å². The quantitative estimate of drug-likeness (QED) is 0.646. The minimum absolute atomic E-state index is 0.277. The second kappa shape index (κ2) is 4.27. The van der Waals surface area contributed by atoms with Crippen molar-refractivity contribution in [3.63, 3.8) is 0 Å². The van der Waals surface area contributed by atoms with Crippen LogP contribution in [0.3, 0.4) is 0 Å². The van der Waals surface area contributed by atoms with Crippen molar-refractivity contribution in [1.82, 2.24) is 5.32 Å². The third kappa shape index (κ3) is 2.35. The predicted octanol–water partition coefficient (Wildman–Crippen LogP) is 1.84. The molecule has 1 rings (SSSR count). The van der Waals surface area contributed by atoms with E-state index in [0.717, 1.165) is 19.3 Å². The van der Waals surface area contributed by atoms with Crippen molar-refractivity contribution in [2.45, 2.75) is 38.3 Å². The second-order valence-electron chi connectivity index (χ2n) is 3.53. The maximum atomic E-state index is 8.68. The fraction of sp³-hybridized carbons (Fsp3) is 0.700. The van der Waals surface area contributed by atoms with Gasteiger partial charge in [-0.25, -0.2) is 0 Å². The smallest absolute Gasteiger partial charge is 0.0656 e. The van der Waals surface area contributed by atoms with Gasteiger partial charge < -0.3 is 5.32 Å². The van der Waals surface area contributed by atoms with Crippen LogP contribution in [0.5, 0.6) is 0 Å². The largest absolute Gasteiger partial charge is 0.308 e. The van der Waals surface area contributed by atoms with Gasteiger partial charge in [0, 0.05) is 18.0 Å². The topological polar surface area (TPSA) is 35.8 Å². The van der Waals surface area contributed by atoms with Crippen molar-refractivity contribution < 1.29 is 0 Å². The third-order valence-corrected chi connectivity index (χ3v) is 2.47. The molecule has 1 N–H and O–H groups in total. The number of hydrogen-bond donors (Lipinski definition) is 1. The van der Waals surface area contributed by atoms with E-state index in [1.54, 1.807) is 0 Å². The molecule has 0 amide bonds. The monoisotopic (exact) mass is 164 g/mol. The summed E-state index contributed by atoms with van der Waals surface area (Å²) >= 11 is 0. The van der Waals surface area contributed by atoms with Crippen LogP contribution in [0.2, 0.25) is 0 Å². The molecule has 1 saturated carbocycles. The first-order valence-corrected chi connectivity index (χ1v) is 4.54. The first-order chi connectivity index (χ1) is 5.76. The van der Waals surface area contributed by atoms with Crippen LogP contribution in [0, 0.1) is 17.2 Å². The van der Waals surface area contributed by atoms with Crippen LogP contribution in [-0.4, -0.2) is 12.1 Å². The molecule has 2 nitrogen and oxygen atoms in total. The van der Waals surface area contributed by atoms with E-state index in [1.165, 1.54) is 0 Å². The van der Waals surface area contributed by atoms with Crippen molar-refractivity contribution in [1.29, 1.82) is 5.26 Å². The molecule has 12 heavy (non-hydrogen) atoms. The lowest BCUT2D eigenvalue weighted by Gasteiger charge is -2.15. The van der Waals surface area contributed by atoms with Gasteiger partial charge in [-0.05, 0) is 26.2 Å². The van der Waals surface area contributed by atoms with E-state index in [9.17, 15) is 0 Å². The molecule has 0 radical (unpaired) electrons. The van der Waals surface area contributed by atoms with Crippen LogP contribution in [0.1, 0.15) is 26.2 Å². The second-order valence-corrected chi connectivity index (χ2v) is 3.53. The standard InChI is InChI=1S/C10H16N2/c1-3-8(2)12-10-5-4-9(6-10)7-11/h3,8-10,12H,1,4-6H2,2H3. The van der Waals surface area contributed by atoms with E-state index in [0.29, 0.717) is 12.1 Å². The molecule has 1 aliphatic rings. The Hall–Kier alpha value is -0.810. The van der Waals surface area contributed by atoms with E-state index >= 15 is 0 Å². The Kier molecular flexibility index (Phi) is 3.31. The van der Waals surface area contributed by atoms with E-state index in [2.05, 4.69) is 24.9 Å². The molecule has 3 unspecified atom stereocenters. The Morgan fingerprint density at radius 2 is 2.42 bits per heavy atom. The van der Waals surface area contributed by atoms with Gasteiger partial charge in [-0.3, -0.25) is 0 Å². The van der Waals surface area contributed by atoms with E-state index in [4.69, 9.17) is 5.26 Å². The Bertz CT molecular complexity index is 193. The summed E-state index contributed by atoms with van der Waals surface area (Å²) in [7, 11) is 0. The Labute approximate surface area is 74.3 Å². The molecule has 0 heterocycles. The molecule has 0 aromatic rings. The predicted molar refractivity (Wildman–Crippen MR) is 49.5 cm³/mol. The maximum Gasteiger partial charge on any atom is 0.0656 e. The first-order valence-electron chi connectivity index (χ1n) is 4.54. The minimum atomic E-state index is 0.277. The SMILES string of the molecule is C=CC(C)NC1CCC(C#N)C1. The van der Waals surface area contributed by atoms with Crippen LogP contribution < -0.4 is 5.32 Å². The average molecular weight is 164 g/mol. The van der Waals surface area contributed by atoms with E-state index in [-0.39, 0.29) is 5.92 Å². The van der Waals surface area contributed by atoms with Gasteiger partial charge in [0.1, 0.15) is 0 Å². The van der Waals surface area contributed by atoms with Crippen molar-refractivity contribution >= 4 is 0 Å². The Balaban J connectivity index is 2.28. The zero-order valence-corrected chi connectivity index (χ0v) is 7.59. The highest BCUT2D eigenvalue weighted by Gasteiger charge is 2.24. The molecule has 0 saturated heterocycles.